The molecule has 0 aromatic carbocycles. The summed E-state index contributed by atoms with van der Waals surface area (Å²) in [6, 6.07) is 0.00883. The van der Waals surface area contributed by atoms with E-state index in [1.54, 1.807) is 0 Å². The van der Waals surface area contributed by atoms with Crippen LogP contribution in [0.1, 0.15) is 19.3 Å². The van der Waals surface area contributed by atoms with E-state index in [2.05, 4.69) is 29.2 Å². The average molecular weight is 345 g/mol. The summed E-state index contributed by atoms with van der Waals surface area (Å²) in [7, 11) is 4.21. The van der Waals surface area contributed by atoms with Crippen molar-refractivity contribution in [1.82, 2.24) is 9.80 Å². The lowest BCUT2D eigenvalue weighted by Gasteiger charge is -2.42. The molecule has 0 radical (unpaired) electrons. The Morgan fingerprint density at radius 1 is 1.08 bits per heavy atom. The van der Waals surface area contributed by atoms with Crippen LogP contribution < -0.4 is 10.2 Å². The van der Waals surface area contributed by atoms with Gasteiger partial charge >= 0.3 is 0 Å². The predicted molar refractivity (Wildman–Crippen MR) is 90.8 cm³/mol. The molecule has 3 fully saturated rings. The maximum atomic E-state index is 10.6. The van der Waals surface area contributed by atoms with E-state index in [1.807, 2.05) is 0 Å². The van der Waals surface area contributed by atoms with Gasteiger partial charge in [-0.3, -0.25) is 9.80 Å². The number of quaternary nitrogens is 2. The molecule has 0 amide bonds. The fourth-order valence-corrected chi connectivity index (χ4v) is 4.62. The van der Waals surface area contributed by atoms with Gasteiger partial charge in [0.2, 0.25) is 0 Å². The van der Waals surface area contributed by atoms with Crippen molar-refractivity contribution in [1.29, 1.82) is 0 Å². The molecular weight excluding hydrogens is 308 g/mol. The van der Waals surface area contributed by atoms with E-state index in [-0.39, 0.29) is 18.8 Å². The molecule has 7 heteroatoms. The SMILES string of the molecule is C[NH+](C)C[C@@H]1O[C@@H](CO)[C@@H](O)[C@H]1N1CCN(C2CCCC[NH2+]2)CC1. The lowest BCUT2D eigenvalue weighted by molar-refractivity contribution is -0.862. The number of hydrogen-bond acceptors (Lipinski definition) is 5. The molecule has 0 spiro atoms. The topological polar surface area (TPSA) is 77.2 Å². The maximum absolute atomic E-state index is 10.6. The Hall–Kier alpha value is -0.280. The van der Waals surface area contributed by atoms with E-state index in [4.69, 9.17) is 4.74 Å². The molecule has 7 nitrogen and oxygen atoms in total. The van der Waals surface area contributed by atoms with Gasteiger partial charge in [0.05, 0.1) is 33.3 Å². The van der Waals surface area contributed by atoms with Crippen molar-refractivity contribution in [2.75, 3.05) is 60.0 Å². The smallest absolute Gasteiger partial charge is 0.142 e. The van der Waals surface area contributed by atoms with Gasteiger partial charge in [0.1, 0.15) is 31.0 Å². The summed E-state index contributed by atoms with van der Waals surface area (Å²) in [5.74, 6) is 0. The first-order valence-corrected chi connectivity index (χ1v) is 9.65. The summed E-state index contributed by atoms with van der Waals surface area (Å²) in [5, 5.41) is 22.6. The number of ether oxygens (including phenoxy) is 1. The van der Waals surface area contributed by atoms with Crippen LogP contribution in [0.5, 0.6) is 0 Å². The van der Waals surface area contributed by atoms with E-state index < -0.39 is 12.2 Å². The lowest BCUT2D eigenvalue weighted by atomic mass is 10.0. The molecule has 24 heavy (non-hydrogen) atoms. The quantitative estimate of drug-likeness (QED) is 0.413. The number of nitrogens with one attached hydrogen (secondary N) is 1. The van der Waals surface area contributed by atoms with Crippen LogP contribution in [0.2, 0.25) is 0 Å². The number of aliphatic hydroxyl groups excluding tert-OH is 2. The number of piperazine rings is 1. The van der Waals surface area contributed by atoms with Gasteiger partial charge in [-0.1, -0.05) is 0 Å². The van der Waals surface area contributed by atoms with Gasteiger partial charge in [0.25, 0.3) is 0 Å². The fourth-order valence-electron chi connectivity index (χ4n) is 4.62. The second-order valence-corrected chi connectivity index (χ2v) is 7.95. The van der Waals surface area contributed by atoms with E-state index in [9.17, 15) is 10.2 Å². The minimum absolute atomic E-state index is 0.00468. The minimum atomic E-state index is -0.591. The van der Waals surface area contributed by atoms with Crippen molar-refractivity contribution in [2.24, 2.45) is 0 Å². The summed E-state index contributed by atoms with van der Waals surface area (Å²) in [6.45, 7) is 6.10. The second-order valence-electron chi connectivity index (χ2n) is 7.95. The molecule has 0 aromatic rings. The summed E-state index contributed by atoms with van der Waals surface area (Å²) in [5.41, 5.74) is 0. The second kappa shape index (κ2) is 8.40. The number of nitrogens with zero attached hydrogens (tertiary/aromatic N) is 2. The molecule has 3 rings (SSSR count). The van der Waals surface area contributed by atoms with Crippen LogP contribution in [0.25, 0.3) is 0 Å². The van der Waals surface area contributed by atoms with Gasteiger partial charge < -0.3 is 25.2 Å². The highest BCUT2D eigenvalue weighted by atomic mass is 16.5. The third kappa shape index (κ3) is 4.09. The van der Waals surface area contributed by atoms with Gasteiger partial charge in [-0.25, -0.2) is 0 Å². The highest BCUT2D eigenvalue weighted by Crippen LogP contribution is 2.26. The van der Waals surface area contributed by atoms with Gasteiger partial charge in [0.15, 0.2) is 0 Å². The van der Waals surface area contributed by atoms with Crippen molar-refractivity contribution in [3.05, 3.63) is 0 Å². The molecule has 0 aromatic heterocycles. The van der Waals surface area contributed by atoms with Crippen molar-refractivity contribution < 1.29 is 25.2 Å². The number of piperidine rings is 1. The van der Waals surface area contributed by atoms with Crippen LogP contribution in [0.15, 0.2) is 0 Å². The van der Waals surface area contributed by atoms with E-state index in [1.165, 1.54) is 30.7 Å². The van der Waals surface area contributed by atoms with Crippen LogP contribution in [-0.2, 0) is 4.74 Å². The Labute approximate surface area is 145 Å². The largest absolute Gasteiger partial charge is 0.394 e. The normalized spacial score (nSPS) is 39.6. The van der Waals surface area contributed by atoms with Crippen molar-refractivity contribution >= 4 is 0 Å². The first kappa shape index (κ1) is 18.5. The van der Waals surface area contributed by atoms with Crippen LogP contribution in [0.4, 0.5) is 0 Å². The minimum Gasteiger partial charge on any atom is -0.394 e. The number of hydrogen-bond donors (Lipinski definition) is 4. The van der Waals surface area contributed by atoms with Crippen molar-refractivity contribution in [3.63, 3.8) is 0 Å². The monoisotopic (exact) mass is 344 g/mol. The summed E-state index contributed by atoms with van der Waals surface area (Å²) >= 11 is 0. The molecule has 5 N–H and O–H groups in total. The molecule has 0 bridgehead atoms. The van der Waals surface area contributed by atoms with Crippen LogP contribution in [0.3, 0.4) is 0 Å². The van der Waals surface area contributed by atoms with Crippen LogP contribution >= 0.6 is 0 Å². The predicted octanol–water partition coefficient (Wildman–Crippen LogP) is -3.69. The molecule has 3 aliphatic rings. The highest BCUT2D eigenvalue weighted by Gasteiger charge is 2.48. The Kier molecular flexibility index (Phi) is 6.48. The third-order valence-corrected chi connectivity index (χ3v) is 5.88. The average Bonchev–Trinajstić information content (AvgIpc) is 2.90. The van der Waals surface area contributed by atoms with Crippen LogP contribution in [-0.4, -0.2) is 111 Å². The Morgan fingerprint density at radius 2 is 1.79 bits per heavy atom. The van der Waals surface area contributed by atoms with Crippen molar-refractivity contribution in [2.45, 2.75) is 49.8 Å². The molecule has 5 atom stereocenters. The molecule has 1 unspecified atom stereocenters. The zero-order valence-electron chi connectivity index (χ0n) is 15.2. The summed E-state index contributed by atoms with van der Waals surface area (Å²) < 4.78 is 5.96. The van der Waals surface area contributed by atoms with Crippen LogP contribution in [0, 0.1) is 0 Å². The molecule has 0 saturated carbocycles. The van der Waals surface area contributed by atoms with E-state index in [0.29, 0.717) is 6.17 Å². The Morgan fingerprint density at radius 3 is 2.38 bits per heavy atom. The van der Waals surface area contributed by atoms with Gasteiger partial charge in [-0.15, -0.1) is 0 Å². The molecule has 3 saturated heterocycles. The fraction of sp³-hybridized carbons (Fsp3) is 1.00. The first-order chi connectivity index (χ1) is 11.6. The number of rotatable bonds is 5. The molecule has 0 aliphatic carbocycles. The van der Waals surface area contributed by atoms with Gasteiger partial charge in [-0.2, -0.15) is 0 Å². The molecular formula is C17H36N4O3+2. The maximum Gasteiger partial charge on any atom is 0.142 e. The Balaban J connectivity index is 1.58. The summed E-state index contributed by atoms with van der Waals surface area (Å²) in [4.78, 5) is 6.31. The molecule has 3 heterocycles. The number of nitrogens with two attached hydrogens (primary N) is 1. The summed E-state index contributed by atoms with van der Waals surface area (Å²) in [6.07, 6.45) is 3.61. The molecule has 3 aliphatic heterocycles. The zero-order chi connectivity index (χ0) is 17.1. The molecule has 140 valence electrons. The first-order valence-electron chi connectivity index (χ1n) is 9.65. The number of aliphatic hydroxyl groups is 2. The van der Waals surface area contributed by atoms with Gasteiger partial charge in [-0.05, 0) is 12.8 Å². The zero-order valence-corrected chi connectivity index (χ0v) is 15.2. The Bertz CT molecular complexity index is 384. The van der Waals surface area contributed by atoms with Crippen molar-refractivity contribution in [3.8, 4) is 0 Å². The third-order valence-electron chi connectivity index (χ3n) is 5.88. The number of likely N-dealkylation sites (N-methyl/N-ethyl adjacent to an activating group) is 1. The highest BCUT2D eigenvalue weighted by molar-refractivity contribution is 4.98. The lowest BCUT2D eigenvalue weighted by Crippen LogP contribution is -3.07. The van der Waals surface area contributed by atoms with E-state index >= 15 is 0 Å². The standard InChI is InChI=1S/C17H34N4O3/c1-19(2)11-13-16(17(23)14(12-22)24-13)21-9-7-20(8-10-21)15-5-3-4-6-18-15/h13-18,22-23H,3-12H2,1-2H3/p+2/t13-,14-,15?,16-,17+/m0/s1. The van der Waals surface area contributed by atoms with Gasteiger partial charge in [0, 0.05) is 32.6 Å². The van der Waals surface area contributed by atoms with E-state index in [0.717, 1.165) is 32.7 Å².